The molecule has 0 amide bonds. The fraction of sp³-hybridized carbons (Fsp3) is 0.0800. The molecule has 29 heavy (non-hydrogen) atoms. The molecule has 0 fully saturated rings. The molecule has 0 atom stereocenters. The van der Waals surface area contributed by atoms with Gasteiger partial charge < -0.3 is 0 Å². The highest BCUT2D eigenvalue weighted by atomic mass is 35.5. The number of fused-ring (bicyclic) bond motifs is 2. The van der Waals surface area contributed by atoms with Crippen molar-refractivity contribution in [2.75, 3.05) is 0 Å². The van der Waals surface area contributed by atoms with Crippen LogP contribution in [0.4, 0.5) is 0 Å². The fourth-order valence-electron chi connectivity index (χ4n) is 3.92. The lowest BCUT2D eigenvalue weighted by Gasteiger charge is -2.22. The van der Waals surface area contributed by atoms with Gasteiger partial charge in [-0.15, -0.1) is 0 Å². The molecule has 2 aromatic heterocycles. The molecule has 0 unspecified atom stereocenters. The second-order valence-corrected chi connectivity index (χ2v) is 7.53. The first-order chi connectivity index (χ1) is 14.2. The van der Waals surface area contributed by atoms with Crippen LogP contribution in [0.2, 0.25) is 5.02 Å². The summed E-state index contributed by atoms with van der Waals surface area (Å²) in [5.41, 5.74) is 5.84. The third kappa shape index (κ3) is 3.24. The van der Waals surface area contributed by atoms with Crippen LogP contribution < -0.4 is 0 Å². The number of rotatable bonds is 2. The lowest BCUT2D eigenvalue weighted by molar-refractivity contribution is 0.102. The molecule has 5 rings (SSSR count). The summed E-state index contributed by atoms with van der Waals surface area (Å²) in [5.74, 6) is 0.0186. The second kappa shape index (κ2) is 7.26. The van der Waals surface area contributed by atoms with Gasteiger partial charge in [-0.25, -0.2) is 0 Å². The van der Waals surface area contributed by atoms with Gasteiger partial charge in [-0.1, -0.05) is 48.0 Å². The normalized spacial score (nSPS) is 14.9. The largest absolute Gasteiger partial charge is 0.289 e. The van der Waals surface area contributed by atoms with Crippen LogP contribution in [-0.2, 0) is 6.42 Å². The van der Waals surface area contributed by atoms with Crippen molar-refractivity contribution in [2.24, 2.45) is 0 Å². The van der Waals surface area contributed by atoms with Crippen molar-refractivity contribution in [3.8, 4) is 11.1 Å². The molecule has 4 aromatic rings. The lowest BCUT2D eigenvalue weighted by atomic mass is 9.83. The van der Waals surface area contributed by atoms with E-state index in [1.165, 1.54) is 0 Å². The molecule has 140 valence electrons. The number of benzene rings is 2. The smallest absolute Gasteiger partial charge is 0.191 e. The van der Waals surface area contributed by atoms with E-state index in [0.717, 1.165) is 45.4 Å². The molecule has 2 heterocycles. The standard InChI is InChI=1S/C25H17ClN2O/c26-18-10-12-21-20(15-18)23(16-6-2-1-3-7-16)24-22(28-21)11-9-17(25(24)29)14-19-8-4-5-13-27-19/h1-8,10,12-15H,9,11H2/b17-14-. The van der Waals surface area contributed by atoms with Crippen molar-refractivity contribution in [1.82, 2.24) is 9.97 Å². The number of carbonyl (C=O) groups excluding carboxylic acids is 1. The van der Waals surface area contributed by atoms with Gasteiger partial charge in [-0.3, -0.25) is 14.8 Å². The molecule has 0 radical (unpaired) electrons. The predicted molar refractivity (Wildman–Crippen MR) is 117 cm³/mol. The maximum absolute atomic E-state index is 13.6. The number of aryl methyl sites for hydroxylation is 1. The summed E-state index contributed by atoms with van der Waals surface area (Å²) >= 11 is 6.30. The number of aromatic nitrogens is 2. The first-order valence-electron chi connectivity index (χ1n) is 9.54. The topological polar surface area (TPSA) is 42.9 Å². The summed E-state index contributed by atoms with van der Waals surface area (Å²) in [6, 6.07) is 21.4. The quantitative estimate of drug-likeness (QED) is 0.381. The van der Waals surface area contributed by atoms with E-state index in [1.807, 2.05) is 72.8 Å². The van der Waals surface area contributed by atoms with E-state index in [1.54, 1.807) is 6.20 Å². The van der Waals surface area contributed by atoms with E-state index in [0.29, 0.717) is 17.0 Å². The summed E-state index contributed by atoms with van der Waals surface area (Å²) in [7, 11) is 0. The summed E-state index contributed by atoms with van der Waals surface area (Å²) in [4.78, 5) is 22.7. The van der Waals surface area contributed by atoms with Crippen molar-refractivity contribution in [2.45, 2.75) is 12.8 Å². The Morgan fingerprint density at radius 1 is 0.897 bits per heavy atom. The highest BCUT2D eigenvalue weighted by molar-refractivity contribution is 6.31. The Balaban J connectivity index is 1.77. The highest BCUT2D eigenvalue weighted by Gasteiger charge is 2.28. The number of pyridine rings is 2. The van der Waals surface area contributed by atoms with Gasteiger partial charge in [0.05, 0.1) is 22.5 Å². The first kappa shape index (κ1) is 17.8. The summed E-state index contributed by atoms with van der Waals surface area (Å²) in [5, 5.41) is 1.53. The molecule has 0 spiro atoms. The molecular formula is C25H17ClN2O. The first-order valence-corrected chi connectivity index (χ1v) is 9.92. The zero-order chi connectivity index (χ0) is 19.8. The van der Waals surface area contributed by atoms with Gasteiger partial charge in [0.15, 0.2) is 5.78 Å². The van der Waals surface area contributed by atoms with E-state index >= 15 is 0 Å². The summed E-state index contributed by atoms with van der Waals surface area (Å²) in [6.45, 7) is 0. The molecule has 0 N–H and O–H groups in total. The third-order valence-corrected chi connectivity index (χ3v) is 5.48. The van der Waals surface area contributed by atoms with Gasteiger partial charge in [0.2, 0.25) is 0 Å². The average Bonchev–Trinajstić information content (AvgIpc) is 2.76. The molecule has 1 aliphatic carbocycles. The van der Waals surface area contributed by atoms with Crippen LogP contribution in [0, 0.1) is 0 Å². The number of hydrogen-bond donors (Lipinski definition) is 0. The Morgan fingerprint density at radius 3 is 2.52 bits per heavy atom. The van der Waals surface area contributed by atoms with Crippen LogP contribution in [0.1, 0.15) is 28.2 Å². The van der Waals surface area contributed by atoms with Crippen molar-refractivity contribution in [1.29, 1.82) is 0 Å². The maximum atomic E-state index is 13.6. The van der Waals surface area contributed by atoms with Gasteiger partial charge >= 0.3 is 0 Å². The van der Waals surface area contributed by atoms with E-state index in [-0.39, 0.29) is 5.78 Å². The monoisotopic (exact) mass is 396 g/mol. The van der Waals surface area contributed by atoms with E-state index in [4.69, 9.17) is 16.6 Å². The minimum Gasteiger partial charge on any atom is -0.289 e. The molecule has 3 nitrogen and oxygen atoms in total. The van der Waals surface area contributed by atoms with Crippen LogP contribution in [0.3, 0.4) is 0 Å². The number of carbonyl (C=O) groups is 1. The number of hydrogen-bond acceptors (Lipinski definition) is 3. The van der Waals surface area contributed by atoms with Crippen molar-refractivity contribution >= 4 is 34.4 Å². The Labute approximate surface area is 173 Å². The zero-order valence-corrected chi connectivity index (χ0v) is 16.4. The van der Waals surface area contributed by atoms with Crippen LogP contribution >= 0.6 is 11.6 Å². The third-order valence-electron chi connectivity index (χ3n) is 5.24. The van der Waals surface area contributed by atoms with Crippen molar-refractivity contribution < 1.29 is 4.79 Å². The minimum atomic E-state index is 0.0186. The van der Waals surface area contributed by atoms with Crippen LogP contribution in [0.5, 0.6) is 0 Å². The summed E-state index contributed by atoms with van der Waals surface area (Å²) < 4.78 is 0. The Hall–Kier alpha value is -3.30. The molecule has 0 aliphatic heterocycles. The van der Waals surface area contributed by atoms with E-state index in [9.17, 15) is 4.79 Å². The van der Waals surface area contributed by atoms with Crippen molar-refractivity contribution in [3.05, 3.63) is 100 Å². The molecule has 2 aromatic carbocycles. The number of nitrogens with zero attached hydrogens (tertiary/aromatic N) is 2. The fourth-order valence-corrected chi connectivity index (χ4v) is 4.09. The second-order valence-electron chi connectivity index (χ2n) is 7.09. The number of Topliss-reactive ketones (excluding diaryl/α,β-unsaturated/α-hetero) is 1. The Bertz CT molecular complexity index is 1260. The predicted octanol–water partition coefficient (Wildman–Crippen LogP) is 6.16. The van der Waals surface area contributed by atoms with Crippen LogP contribution in [-0.4, -0.2) is 15.8 Å². The van der Waals surface area contributed by atoms with Crippen molar-refractivity contribution in [3.63, 3.8) is 0 Å². The van der Waals surface area contributed by atoms with E-state index < -0.39 is 0 Å². The number of allylic oxidation sites excluding steroid dienone is 1. The average molecular weight is 397 g/mol. The van der Waals surface area contributed by atoms with Gasteiger partial charge in [0.1, 0.15) is 0 Å². The molecule has 1 aliphatic rings. The summed E-state index contributed by atoms with van der Waals surface area (Å²) in [6.07, 6.45) is 5.00. The molecule has 0 bridgehead atoms. The van der Waals surface area contributed by atoms with Gasteiger partial charge in [-0.05, 0) is 54.8 Å². The van der Waals surface area contributed by atoms with E-state index in [2.05, 4.69) is 4.98 Å². The van der Waals surface area contributed by atoms with Crippen LogP contribution in [0.25, 0.3) is 28.1 Å². The lowest BCUT2D eigenvalue weighted by Crippen LogP contribution is -2.17. The zero-order valence-electron chi connectivity index (χ0n) is 15.6. The van der Waals surface area contributed by atoms with Gasteiger partial charge in [-0.2, -0.15) is 0 Å². The molecule has 0 saturated heterocycles. The Kier molecular flexibility index (Phi) is 4.45. The van der Waals surface area contributed by atoms with Crippen LogP contribution in [0.15, 0.2) is 78.5 Å². The SMILES string of the molecule is O=C1/C(=C\c2ccccn2)CCc2nc3ccc(Cl)cc3c(-c3ccccc3)c21. The highest BCUT2D eigenvalue weighted by Crippen LogP contribution is 2.38. The minimum absolute atomic E-state index is 0.0186. The molecule has 4 heteroatoms. The van der Waals surface area contributed by atoms with Gasteiger partial charge in [0.25, 0.3) is 0 Å². The molecular weight excluding hydrogens is 380 g/mol. The maximum Gasteiger partial charge on any atom is 0.191 e. The van der Waals surface area contributed by atoms with Gasteiger partial charge in [0, 0.05) is 27.7 Å². The number of halogens is 1. The Morgan fingerprint density at radius 2 is 1.72 bits per heavy atom. The molecule has 0 saturated carbocycles. The number of ketones is 1.